The molecule has 3 aromatic rings. The molecule has 5 rings (SSSR count). The quantitative estimate of drug-likeness (QED) is 0.121. The van der Waals surface area contributed by atoms with Gasteiger partial charge in [-0.05, 0) is 64.4 Å². The molecule has 7 nitrogen and oxygen atoms in total. The van der Waals surface area contributed by atoms with E-state index in [-0.39, 0.29) is 18.1 Å². The van der Waals surface area contributed by atoms with Gasteiger partial charge < -0.3 is 23.3 Å². The fourth-order valence-electron chi connectivity index (χ4n) is 5.74. The van der Waals surface area contributed by atoms with Crippen LogP contribution in [0.1, 0.15) is 87.4 Å². The smallest absolute Gasteiger partial charge is 0.340 e. The van der Waals surface area contributed by atoms with Gasteiger partial charge in [0.2, 0.25) is 0 Å². The van der Waals surface area contributed by atoms with Crippen molar-refractivity contribution in [1.82, 2.24) is 4.67 Å². The number of hydrogen-bond acceptors (Lipinski definition) is 7. The van der Waals surface area contributed by atoms with Crippen LogP contribution in [0.4, 0.5) is 0 Å². The van der Waals surface area contributed by atoms with Gasteiger partial charge in [0.15, 0.2) is 5.60 Å². The molecule has 218 valence electrons. The first-order chi connectivity index (χ1) is 19.8. The lowest BCUT2D eigenvalue weighted by Gasteiger charge is -2.37. The Hall–Kier alpha value is -3.12. The van der Waals surface area contributed by atoms with Crippen molar-refractivity contribution in [3.8, 4) is 23.0 Å². The van der Waals surface area contributed by atoms with Gasteiger partial charge >= 0.3 is 14.5 Å². The Morgan fingerprint density at radius 2 is 1.51 bits per heavy atom. The molecule has 2 aliphatic rings. The maximum absolute atomic E-state index is 13.2. The second kappa shape index (κ2) is 12.4. The highest BCUT2D eigenvalue weighted by Crippen LogP contribution is 2.57. The zero-order valence-electron chi connectivity index (χ0n) is 24.8. The van der Waals surface area contributed by atoms with Crippen LogP contribution in [0, 0.1) is 0 Å². The van der Waals surface area contributed by atoms with Crippen LogP contribution in [-0.2, 0) is 14.9 Å². The second-order valence-corrected chi connectivity index (χ2v) is 12.5. The van der Waals surface area contributed by atoms with E-state index >= 15 is 0 Å². The van der Waals surface area contributed by atoms with Crippen LogP contribution in [0.2, 0.25) is 0 Å². The minimum atomic E-state index is -1.36. The van der Waals surface area contributed by atoms with Crippen molar-refractivity contribution in [3.63, 3.8) is 0 Å². The lowest BCUT2D eigenvalue weighted by atomic mass is 9.77. The van der Waals surface area contributed by atoms with E-state index in [9.17, 15) is 4.79 Å². The summed E-state index contributed by atoms with van der Waals surface area (Å²) in [6, 6.07) is 19.5. The molecular weight excluding hydrogens is 537 g/mol. The first-order valence-corrected chi connectivity index (χ1v) is 15.7. The Bertz CT molecular complexity index is 1380. The van der Waals surface area contributed by atoms with E-state index in [0.717, 1.165) is 35.3 Å². The summed E-state index contributed by atoms with van der Waals surface area (Å²) in [6.45, 7) is 11.3. The third kappa shape index (κ3) is 5.55. The summed E-state index contributed by atoms with van der Waals surface area (Å²) >= 11 is 0. The van der Waals surface area contributed by atoms with Crippen LogP contribution in [0.5, 0.6) is 23.0 Å². The molecule has 0 aromatic heterocycles. The Morgan fingerprint density at radius 1 is 0.854 bits per heavy atom. The molecule has 1 spiro atoms. The number of benzene rings is 3. The van der Waals surface area contributed by atoms with Gasteiger partial charge in [0.1, 0.15) is 23.0 Å². The van der Waals surface area contributed by atoms with Crippen molar-refractivity contribution in [2.75, 3.05) is 13.7 Å². The van der Waals surface area contributed by atoms with Gasteiger partial charge in [-0.1, -0.05) is 44.4 Å². The first-order valence-electron chi connectivity index (χ1n) is 14.5. The van der Waals surface area contributed by atoms with Crippen LogP contribution >= 0.6 is 8.53 Å². The molecule has 8 heteroatoms. The highest BCUT2D eigenvalue weighted by Gasteiger charge is 2.53. The number of rotatable bonds is 12. The number of hydrogen-bond donors (Lipinski definition) is 0. The van der Waals surface area contributed by atoms with Crippen molar-refractivity contribution < 1.29 is 28.1 Å². The molecule has 41 heavy (non-hydrogen) atoms. The number of unbranched alkanes of at least 4 members (excludes halogenated alkanes) is 3. The number of nitrogens with zero attached hydrogens (tertiary/aromatic N) is 1. The summed E-state index contributed by atoms with van der Waals surface area (Å²) in [5.74, 6) is 2.12. The number of ether oxygens (including phenoxy) is 3. The molecule has 2 unspecified atom stereocenters. The highest BCUT2D eigenvalue weighted by molar-refractivity contribution is 7.45. The molecule has 3 aromatic carbocycles. The van der Waals surface area contributed by atoms with Gasteiger partial charge in [0, 0.05) is 48.0 Å². The van der Waals surface area contributed by atoms with Gasteiger partial charge in [-0.3, -0.25) is 0 Å². The molecule has 2 aliphatic heterocycles. The lowest BCUT2D eigenvalue weighted by Crippen LogP contribution is -2.34. The Labute approximate surface area is 244 Å². The summed E-state index contributed by atoms with van der Waals surface area (Å²) in [7, 11) is 0.313. The molecule has 2 heterocycles. The standard InChI is InChI=1S/C33H40NO6P/c1-7-8-9-12-19-37-24-15-17-28-30(20-24)38-31-21-25(40-41(36-6)34(22(2)3)23(4)5)16-18-29(31)33(28)27-14-11-10-13-26(27)32(35)39-33/h10-11,13-18,20-23H,7-9,12,19H2,1-6H3. The fraction of sp³-hybridized carbons (Fsp3) is 0.424. The SMILES string of the molecule is CCCCCCOc1ccc2c(c1)Oc1cc(OP(OC)N(C(C)C)C(C)C)ccc1C21OC(=O)c2ccccc21. The summed E-state index contributed by atoms with van der Waals surface area (Å²) in [5, 5.41) is 0. The van der Waals surface area contributed by atoms with Crippen molar-refractivity contribution in [3.05, 3.63) is 82.9 Å². The Morgan fingerprint density at radius 3 is 2.17 bits per heavy atom. The van der Waals surface area contributed by atoms with Gasteiger partial charge in [-0.2, -0.15) is 0 Å². The second-order valence-electron chi connectivity index (χ2n) is 11.0. The predicted octanol–water partition coefficient (Wildman–Crippen LogP) is 8.58. The Kier molecular flexibility index (Phi) is 8.88. The van der Waals surface area contributed by atoms with E-state index in [1.54, 1.807) is 7.11 Å². The van der Waals surface area contributed by atoms with E-state index in [1.807, 2.05) is 60.7 Å². The zero-order valence-corrected chi connectivity index (χ0v) is 25.7. The molecule has 2 atom stereocenters. The predicted molar refractivity (Wildman–Crippen MR) is 161 cm³/mol. The maximum Gasteiger partial charge on any atom is 0.340 e. The van der Waals surface area contributed by atoms with E-state index < -0.39 is 14.1 Å². The van der Waals surface area contributed by atoms with Crippen LogP contribution in [0.3, 0.4) is 0 Å². The van der Waals surface area contributed by atoms with Gasteiger partial charge in [0.25, 0.3) is 0 Å². The fourth-order valence-corrected chi connectivity index (χ4v) is 7.15. The van der Waals surface area contributed by atoms with Crippen molar-refractivity contribution >= 4 is 14.5 Å². The monoisotopic (exact) mass is 577 g/mol. The average Bonchev–Trinajstić information content (AvgIpc) is 3.24. The van der Waals surface area contributed by atoms with Crippen molar-refractivity contribution in [2.45, 2.75) is 78.0 Å². The number of carbonyl (C=O) groups excluding carboxylic acids is 1. The topological polar surface area (TPSA) is 66.5 Å². The van der Waals surface area contributed by atoms with Crippen LogP contribution in [0.25, 0.3) is 0 Å². The van der Waals surface area contributed by atoms with Crippen LogP contribution in [0.15, 0.2) is 60.7 Å². The molecule has 0 N–H and O–H groups in total. The van der Waals surface area contributed by atoms with E-state index in [2.05, 4.69) is 39.3 Å². The van der Waals surface area contributed by atoms with E-state index in [1.165, 1.54) is 12.8 Å². The normalized spacial score (nSPS) is 17.7. The third-order valence-corrected chi connectivity index (χ3v) is 9.49. The molecule has 0 radical (unpaired) electrons. The van der Waals surface area contributed by atoms with Crippen molar-refractivity contribution in [1.29, 1.82) is 0 Å². The average molecular weight is 578 g/mol. The summed E-state index contributed by atoms with van der Waals surface area (Å²) in [6.07, 6.45) is 4.51. The molecular formula is C33H40NO6P. The highest BCUT2D eigenvalue weighted by atomic mass is 31.2. The first kappa shape index (κ1) is 29.4. The van der Waals surface area contributed by atoms with E-state index in [0.29, 0.717) is 29.4 Å². The molecule has 0 saturated heterocycles. The van der Waals surface area contributed by atoms with Crippen molar-refractivity contribution in [2.24, 2.45) is 0 Å². The van der Waals surface area contributed by atoms with Crippen LogP contribution in [-0.4, -0.2) is 36.4 Å². The van der Waals surface area contributed by atoms with Crippen LogP contribution < -0.4 is 14.0 Å². The molecule has 0 amide bonds. The van der Waals surface area contributed by atoms with Gasteiger partial charge in [-0.25, -0.2) is 9.46 Å². The number of fused-ring (bicyclic) bond motifs is 6. The molecule has 0 fully saturated rings. The summed E-state index contributed by atoms with van der Waals surface area (Å²) in [4.78, 5) is 13.2. The lowest BCUT2D eigenvalue weighted by molar-refractivity contribution is 0.0224. The molecule has 0 bridgehead atoms. The van der Waals surface area contributed by atoms with Gasteiger partial charge in [-0.15, -0.1) is 0 Å². The van der Waals surface area contributed by atoms with Gasteiger partial charge in [0.05, 0.1) is 12.2 Å². The minimum Gasteiger partial charge on any atom is -0.493 e. The zero-order chi connectivity index (χ0) is 29.1. The number of esters is 1. The minimum absolute atomic E-state index is 0.236. The summed E-state index contributed by atoms with van der Waals surface area (Å²) < 4.78 is 33.3. The molecule has 0 saturated carbocycles. The molecule has 0 aliphatic carbocycles. The Balaban J connectivity index is 1.54. The third-order valence-electron chi connectivity index (χ3n) is 7.51. The largest absolute Gasteiger partial charge is 0.493 e. The maximum atomic E-state index is 13.2. The number of carbonyl (C=O) groups is 1. The summed E-state index contributed by atoms with van der Waals surface area (Å²) in [5.41, 5.74) is 1.72. The van der Waals surface area contributed by atoms with E-state index in [4.69, 9.17) is 23.3 Å².